The molecule has 10 nitrogen and oxygen atoms in total. The maximum absolute atomic E-state index is 11.8. The highest BCUT2D eigenvalue weighted by Gasteiger charge is 2.74. The highest BCUT2D eigenvalue weighted by molar-refractivity contribution is 5.74. The van der Waals surface area contributed by atoms with Gasteiger partial charge in [-0.2, -0.15) is 0 Å². The third-order valence-corrected chi connectivity index (χ3v) is 3.97. The lowest BCUT2D eigenvalue weighted by atomic mass is 9.80. The third kappa shape index (κ3) is 2.54. The number of carbonyl (C=O) groups excluding carboxylic acids is 1. The summed E-state index contributed by atoms with van der Waals surface area (Å²) in [5.74, 6) is -3.77. The standard InChI is InChI=1S/C14H18N2O8/c1-8(18)15-13(16(22)23)12(20)11(19)10(7-17)24-14(13,21)9-5-3-2-4-6-9/h2-6,10-12,17,19-21H,7H2,1H3,(H,15,18)/t10-,11+,12+,13+,14?/m1/s1. The molecule has 1 fully saturated rings. The Morgan fingerprint density at radius 3 is 2.42 bits per heavy atom. The quantitative estimate of drug-likeness (QED) is 0.240. The maximum atomic E-state index is 11.8. The zero-order valence-corrected chi connectivity index (χ0v) is 12.7. The number of benzene rings is 1. The number of nitrogens with zero attached hydrogens (tertiary/aromatic N) is 1. The Labute approximate surface area is 136 Å². The van der Waals surface area contributed by atoms with Gasteiger partial charge in [0.25, 0.3) is 5.79 Å². The van der Waals surface area contributed by atoms with Gasteiger partial charge in [0.05, 0.1) is 11.5 Å². The molecule has 0 bridgehead atoms. The summed E-state index contributed by atoms with van der Waals surface area (Å²) in [6.07, 6.45) is -5.68. The van der Waals surface area contributed by atoms with Crippen molar-refractivity contribution in [2.24, 2.45) is 0 Å². The van der Waals surface area contributed by atoms with Crippen LogP contribution in [0.15, 0.2) is 30.3 Å². The van der Waals surface area contributed by atoms with Gasteiger partial charge in [0.15, 0.2) is 6.10 Å². The molecule has 1 unspecified atom stereocenters. The van der Waals surface area contributed by atoms with Gasteiger partial charge in [-0.25, -0.2) is 0 Å². The number of amides is 1. The minimum Gasteiger partial charge on any atom is -0.394 e. The van der Waals surface area contributed by atoms with Crippen LogP contribution >= 0.6 is 0 Å². The first-order chi connectivity index (χ1) is 11.2. The number of nitrogens with one attached hydrogen (secondary N) is 1. The number of carbonyl (C=O) groups is 1. The van der Waals surface area contributed by atoms with Gasteiger partial charge < -0.3 is 25.2 Å². The summed E-state index contributed by atoms with van der Waals surface area (Å²) in [5.41, 5.74) is -3.12. The fourth-order valence-corrected chi connectivity index (χ4v) is 2.83. The van der Waals surface area contributed by atoms with Crippen LogP contribution in [0, 0.1) is 10.1 Å². The smallest absolute Gasteiger partial charge is 0.382 e. The molecular weight excluding hydrogens is 324 g/mol. The monoisotopic (exact) mass is 342 g/mol. The van der Waals surface area contributed by atoms with Gasteiger partial charge in [0.2, 0.25) is 5.91 Å². The number of aliphatic hydroxyl groups excluding tert-OH is 3. The second-order valence-electron chi connectivity index (χ2n) is 5.49. The highest BCUT2D eigenvalue weighted by atomic mass is 16.7. The number of rotatable bonds is 4. The van der Waals surface area contributed by atoms with Crippen molar-refractivity contribution in [3.8, 4) is 0 Å². The molecule has 1 saturated heterocycles. The summed E-state index contributed by atoms with van der Waals surface area (Å²) in [4.78, 5) is 22.2. The van der Waals surface area contributed by atoms with Gasteiger partial charge in [-0.05, 0) is 0 Å². The van der Waals surface area contributed by atoms with Crippen LogP contribution in [0.3, 0.4) is 0 Å². The van der Waals surface area contributed by atoms with E-state index in [1.165, 1.54) is 24.3 Å². The van der Waals surface area contributed by atoms with Crippen molar-refractivity contribution in [1.29, 1.82) is 0 Å². The molecule has 1 aromatic rings. The largest absolute Gasteiger partial charge is 0.394 e. The van der Waals surface area contributed by atoms with E-state index in [1.807, 2.05) is 5.32 Å². The molecule has 2 rings (SSSR count). The van der Waals surface area contributed by atoms with Crippen molar-refractivity contribution in [2.45, 2.75) is 36.7 Å². The first-order valence-electron chi connectivity index (χ1n) is 7.06. The van der Waals surface area contributed by atoms with Crippen LogP contribution in [0.2, 0.25) is 0 Å². The summed E-state index contributed by atoms with van der Waals surface area (Å²) in [6, 6.07) is 7.08. The van der Waals surface area contributed by atoms with Gasteiger partial charge in [0, 0.05) is 12.5 Å². The van der Waals surface area contributed by atoms with E-state index < -0.39 is 47.2 Å². The highest BCUT2D eigenvalue weighted by Crippen LogP contribution is 2.43. The molecule has 1 heterocycles. The normalized spacial score (nSPS) is 36.1. The van der Waals surface area contributed by atoms with Crippen LogP contribution in [0.5, 0.6) is 0 Å². The van der Waals surface area contributed by atoms with Crippen LogP contribution in [0.1, 0.15) is 12.5 Å². The van der Waals surface area contributed by atoms with Crippen molar-refractivity contribution in [2.75, 3.05) is 6.61 Å². The van der Waals surface area contributed by atoms with E-state index >= 15 is 0 Å². The predicted molar refractivity (Wildman–Crippen MR) is 77.9 cm³/mol. The molecule has 0 saturated carbocycles. The Bertz CT molecular complexity index is 626. The molecule has 5 atom stereocenters. The van der Waals surface area contributed by atoms with E-state index in [0.717, 1.165) is 6.92 Å². The summed E-state index contributed by atoms with van der Waals surface area (Å²) < 4.78 is 5.21. The Hall–Kier alpha value is -2.11. The lowest BCUT2D eigenvalue weighted by Crippen LogP contribution is -2.80. The number of nitro groups is 1. The Morgan fingerprint density at radius 1 is 1.38 bits per heavy atom. The Balaban J connectivity index is 2.72. The van der Waals surface area contributed by atoms with Crippen LogP contribution < -0.4 is 5.32 Å². The first kappa shape index (κ1) is 18.2. The molecule has 0 spiro atoms. The molecule has 24 heavy (non-hydrogen) atoms. The molecule has 0 aliphatic carbocycles. The topological polar surface area (TPSA) is 162 Å². The number of ether oxygens (including phenoxy) is 1. The summed E-state index contributed by atoms with van der Waals surface area (Å²) in [7, 11) is 0. The van der Waals surface area contributed by atoms with Crippen molar-refractivity contribution in [3.05, 3.63) is 46.0 Å². The molecule has 0 aromatic heterocycles. The summed E-state index contributed by atoms with van der Waals surface area (Å²) in [5, 5.41) is 54.3. The van der Waals surface area contributed by atoms with Gasteiger partial charge in [0.1, 0.15) is 12.2 Å². The van der Waals surface area contributed by atoms with Crippen molar-refractivity contribution < 1.29 is 34.9 Å². The maximum Gasteiger partial charge on any atom is 0.382 e. The zero-order valence-electron chi connectivity index (χ0n) is 12.7. The van der Waals surface area contributed by atoms with Crippen LogP contribution in [-0.4, -0.2) is 61.8 Å². The van der Waals surface area contributed by atoms with Crippen LogP contribution in [-0.2, 0) is 15.3 Å². The van der Waals surface area contributed by atoms with E-state index in [1.54, 1.807) is 6.07 Å². The summed E-state index contributed by atoms with van der Waals surface area (Å²) in [6.45, 7) is 0.134. The van der Waals surface area contributed by atoms with E-state index in [4.69, 9.17) is 4.74 Å². The van der Waals surface area contributed by atoms with E-state index in [-0.39, 0.29) is 5.56 Å². The lowest BCUT2D eigenvalue weighted by Gasteiger charge is -2.49. The summed E-state index contributed by atoms with van der Waals surface area (Å²) >= 11 is 0. The lowest BCUT2D eigenvalue weighted by molar-refractivity contribution is -0.651. The second kappa shape index (κ2) is 6.42. The molecule has 0 radical (unpaired) electrons. The van der Waals surface area contributed by atoms with E-state index in [9.17, 15) is 35.3 Å². The SMILES string of the molecule is CC(=O)N[C@]1([N+](=O)[O-])[C@@H](O)[C@@H](O)[C@@H](CO)OC1(O)c1ccccc1. The van der Waals surface area contributed by atoms with Crippen molar-refractivity contribution >= 4 is 5.91 Å². The van der Waals surface area contributed by atoms with Crippen molar-refractivity contribution in [1.82, 2.24) is 5.32 Å². The minimum atomic E-state index is -2.98. The van der Waals surface area contributed by atoms with Gasteiger partial charge in [-0.1, -0.05) is 30.3 Å². The van der Waals surface area contributed by atoms with E-state index in [2.05, 4.69) is 0 Å². The second-order valence-corrected chi connectivity index (χ2v) is 5.49. The van der Waals surface area contributed by atoms with Crippen LogP contribution in [0.25, 0.3) is 0 Å². The zero-order chi connectivity index (χ0) is 18.1. The predicted octanol–water partition coefficient (Wildman–Crippen LogP) is -1.95. The number of hydrogen-bond donors (Lipinski definition) is 5. The molecule has 1 aliphatic rings. The Kier molecular flexibility index (Phi) is 4.87. The van der Waals surface area contributed by atoms with Gasteiger partial charge >= 0.3 is 5.66 Å². The average molecular weight is 342 g/mol. The number of aliphatic hydroxyl groups is 4. The molecule has 1 amide bonds. The minimum absolute atomic E-state index is 0.139. The van der Waals surface area contributed by atoms with E-state index in [0.29, 0.717) is 0 Å². The van der Waals surface area contributed by atoms with Gasteiger partial charge in [-0.15, -0.1) is 0 Å². The van der Waals surface area contributed by atoms with Crippen molar-refractivity contribution in [3.63, 3.8) is 0 Å². The molecular formula is C14H18N2O8. The number of hydrogen-bond acceptors (Lipinski definition) is 8. The fourth-order valence-electron chi connectivity index (χ4n) is 2.83. The van der Waals surface area contributed by atoms with Crippen LogP contribution in [0.4, 0.5) is 0 Å². The first-order valence-corrected chi connectivity index (χ1v) is 7.06. The Morgan fingerprint density at radius 2 is 1.96 bits per heavy atom. The average Bonchev–Trinajstić information content (AvgIpc) is 2.55. The molecule has 132 valence electrons. The molecule has 1 aromatic carbocycles. The third-order valence-electron chi connectivity index (χ3n) is 3.97. The molecule has 1 aliphatic heterocycles. The molecule has 10 heteroatoms. The fraction of sp³-hybridized carbons (Fsp3) is 0.500. The molecule has 5 N–H and O–H groups in total. The van der Waals surface area contributed by atoms with Gasteiger partial charge in [-0.3, -0.25) is 20.2 Å².